The Hall–Kier alpha value is -1.57. The first-order chi connectivity index (χ1) is 7.33. The molecule has 3 rings (SSSR count). The van der Waals surface area contributed by atoms with Crippen LogP contribution in [0.1, 0.15) is 30.2 Å². The van der Waals surface area contributed by atoms with Gasteiger partial charge in [0.2, 0.25) is 0 Å². The van der Waals surface area contributed by atoms with Gasteiger partial charge in [-0.15, -0.1) is 0 Å². The zero-order valence-corrected chi connectivity index (χ0v) is 8.73. The summed E-state index contributed by atoms with van der Waals surface area (Å²) in [6.07, 6.45) is 4.29. The maximum Gasteiger partial charge on any atom is 0.198 e. The highest BCUT2D eigenvalue weighted by atomic mass is 16.4. The molecule has 1 aromatic carbocycles. The molecule has 1 aromatic heterocycles. The van der Waals surface area contributed by atoms with Crippen molar-refractivity contribution in [1.82, 2.24) is 4.98 Å². The molecule has 2 heteroatoms. The summed E-state index contributed by atoms with van der Waals surface area (Å²) in [6.45, 7) is 2.08. The Morgan fingerprint density at radius 3 is 2.60 bits per heavy atom. The zero-order chi connectivity index (χ0) is 10.3. The summed E-state index contributed by atoms with van der Waals surface area (Å²) in [7, 11) is 0. The second kappa shape index (κ2) is 3.23. The van der Waals surface area contributed by atoms with Crippen molar-refractivity contribution in [3.05, 3.63) is 41.9 Å². The fourth-order valence-corrected chi connectivity index (χ4v) is 1.66. The van der Waals surface area contributed by atoms with Gasteiger partial charge >= 0.3 is 0 Å². The molecule has 0 unspecified atom stereocenters. The van der Waals surface area contributed by atoms with Crippen molar-refractivity contribution >= 4 is 0 Å². The van der Waals surface area contributed by atoms with Crippen molar-refractivity contribution in [2.24, 2.45) is 0 Å². The lowest BCUT2D eigenvalue weighted by Gasteiger charge is -1.96. The fourth-order valence-electron chi connectivity index (χ4n) is 1.66. The summed E-state index contributed by atoms with van der Waals surface area (Å²) < 4.78 is 5.72. The van der Waals surface area contributed by atoms with E-state index in [9.17, 15) is 0 Å². The molecule has 2 nitrogen and oxygen atoms in total. The maximum atomic E-state index is 5.72. The zero-order valence-electron chi connectivity index (χ0n) is 8.73. The van der Waals surface area contributed by atoms with Crippen LogP contribution in [0.15, 0.2) is 34.9 Å². The SMILES string of the molecule is Cc1ccc(-c2cnc(C3CC3)o2)cc1. The first-order valence-corrected chi connectivity index (χ1v) is 5.36. The number of rotatable bonds is 2. The van der Waals surface area contributed by atoms with E-state index in [1.54, 1.807) is 0 Å². The largest absolute Gasteiger partial charge is 0.440 e. The summed E-state index contributed by atoms with van der Waals surface area (Å²) in [4.78, 5) is 4.31. The monoisotopic (exact) mass is 199 g/mol. The number of aromatic nitrogens is 1. The smallest absolute Gasteiger partial charge is 0.198 e. The van der Waals surface area contributed by atoms with Crippen LogP contribution in [0.3, 0.4) is 0 Å². The predicted octanol–water partition coefficient (Wildman–Crippen LogP) is 3.53. The molecule has 1 fully saturated rings. The van der Waals surface area contributed by atoms with Crippen molar-refractivity contribution in [2.75, 3.05) is 0 Å². The Morgan fingerprint density at radius 2 is 1.93 bits per heavy atom. The Kier molecular flexibility index (Phi) is 1.88. The maximum absolute atomic E-state index is 5.72. The molecule has 0 atom stereocenters. The van der Waals surface area contributed by atoms with Crippen LogP contribution in [0.2, 0.25) is 0 Å². The normalized spacial score (nSPS) is 15.5. The van der Waals surface area contributed by atoms with E-state index in [2.05, 4.69) is 36.2 Å². The lowest BCUT2D eigenvalue weighted by atomic mass is 10.1. The van der Waals surface area contributed by atoms with E-state index in [0.29, 0.717) is 5.92 Å². The van der Waals surface area contributed by atoms with Gasteiger partial charge in [-0.1, -0.05) is 29.8 Å². The second-order valence-corrected chi connectivity index (χ2v) is 4.20. The summed E-state index contributed by atoms with van der Waals surface area (Å²) >= 11 is 0. The third kappa shape index (κ3) is 1.67. The minimum absolute atomic E-state index is 0.587. The third-order valence-corrected chi connectivity index (χ3v) is 2.79. The average molecular weight is 199 g/mol. The molecule has 15 heavy (non-hydrogen) atoms. The molecule has 0 aliphatic heterocycles. The number of aryl methyl sites for hydroxylation is 1. The van der Waals surface area contributed by atoms with E-state index in [1.807, 2.05) is 6.20 Å². The highest BCUT2D eigenvalue weighted by Crippen LogP contribution is 2.40. The standard InChI is InChI=1S/C13H13NO/c1-9-2-4-10(5-3-9)12-8-14-13(15-12)11-6-7-11/h2-5,8,11H,6-7H2,1H3. The van der Waals surface area contributed by atoms with Crippen LogP contribution in [0.4, 0.5) is 0 Å². The number of nitrogens with zero attached hydrogens (tertiary/aromatic N) is 1. The molecular weight excluding hydrogens is 186 g/mol. The van der Waals surface area contributed by atoms with Crippen LogP contribution >= 0.6 is 0 Å². The summed E-state index contributed by atoms with van der Waals surface area (Å²) in [5.74, 6) is 2.38. The highest BCUT2D eigenvalue weighted by molar-refractivity contribution is 5.56. The van der Waals surface area contributed by atoms with E-state index in [4.69, 9.17) is 4.42 Å². The molecule has 0 saturated heterocycles. The average Bonchev–Trinajstić information content (AvgIpc) is 2.99. The lowest BCUT2D eigenvalue weighted by Crippen LogP contribution is -1.75. The topological polar surface area (TPSA) is 26.0 Å². The van der Waals surface area contributed by atoms with Crippen LogP contribution in [0, 0.1) is 6.92 Å². The van der Waals surface area contributed by atoms with Gasteiger partial charge in [0.15, 0.2) is 11.7 Å². The van der Waals surface area contributed by atoms with Gasteiger partial charge in [0, 0.05) is 11.5 Å². The Bertz CT molecular complexity index is 466. The van der Waals surface area contributed by atoms with Crippen LogP contribution in [-0.2, 0) is 0 Å². The molecule has 0 amide bonds. The third-order valence-electron chi connectivity index (χ3n) is 2.79. The molecule has 2 aromatic rings. The number of hydrogen-bond acceptors (Lipinski definition) is 2. The van der Waals surface area contributed by atoms with E-state index in [0.717, 1.165) is 17.2 Å². The molecule has 1 heterocycles. The lowest BCUT2D eigenvalue weighted by molar-refractivity contribution is 0.509. The molecule has 1 saturated carbocycles. The van der Waals surface area contributed by atoms with Crippen molar-refractivity contribution in [1.29, 1.82) is 0 Å². The number of oxazole rings is 1. The molecule has 0 N–H and O–H groups in total. The predicted molar refractivity (Wildman–Crippen MR) is 58.7 cm³/mol. The summed E-state index contributed by atoms with van der Waals surface area (Å²) in [5, 5.41) is 0. The van der Waals surface area contributed by atoms with Crippen molar-refractivity contribution < 1.29 is 4.42 Å². The van der Waals surface area contributed by atoms with E-state index < -0.39 is 0 Å². The number of hydrogen-bond donors (Lipinski definition) is 0. The van der Waals surface area contributed by atoms with Gasteiger partial charge in [0.25, 0.3) is 0 Å². The fraction of sp³-hybridized carbons (Fsp3) is 0.308. The van der Waals surface area contributed by atoms with E-state index in [1.165, 1.54) is 18.4 Å². The first-order valence-electron chi connectivity index (χ1n) is 5.36. The van der Waals surface area contributed by atoms with Gasteiger partial charge in [-0.05, 0) is 19.8 Å². The van der Waals surface area contributed by atoms with Crippen LogP contribution in [0.5, 0.6) is 0 Å². The first kappa shape index (κ1) is 8.72. The highest BCUT2D eigenvalue weighted by Gasteiger charge is 2.28. The molecular formula is C13H13NO. The minimum Gasteiger partial charge on any atom is -0.440 e. The molecule has 1 aliphatic rings. The second-order valence-electron chi connectivity index (χ2n) is 4.20. The molecule has 0 spiro atoms. The van der Waals surface area contributed by atoms with Gasteiger partial charge in [-0.2, -0.15) is 0 Å². The van der Waals surface area contributed by atoms with Gasteiger partial charge in [0.05, 0.1) is 6.20 Å². The summed E-state index contributed by atoms with van der Waals surface area (Å²) in [6, 6.07) is 8.34. The quantitative estimate of drug-likeness (QED) is 0.739. The Balaban J connectivity index is 1.93. The molecule has 0 radical (unpaired) electrons. The molecule has 76 valence electrons. The van der Waals surface area contributed by atoms with Crippen molar-refractivity contribution in [3.8, 4) is 11.3 Å². The number of benzene rings is 1. The van der Waals surface area contributed by atoms with Crippen LogP contribution in [0.25, 0.3) is 11.3 Å². The van der Waals surface area contributed by atoms with Crippen LogP contribution in [-0.4, -0.2) is 4.98 Å². The van der Waals surface area contributed by atoms with E-state index >= 15 is 0 Å². The minimum atomic E-state index is 0.587. The molecule has 0 bridgehead atoms. The van der Waals surface area contributed by atoms with Gasteiger partial charge < -0.3 is 4.42 Å². The Labute approximate surface area is 89.0 Å². The molecule has 1 aliphatic carbocycles. The van der Waals surface area contributed by atoms with Crippen molar-refractivity contribution in [3.63, 3.8) is 0 Å². The van der Waals surface area contributed by atoms with Gasteiger partial charge in [-0.3, -0.25) is 0 Å². The summed E-state index contributed by atoms with van der Waals surface area (Å²) in [5.41, 5.74) is 2.38. The van der Waals surface area contributed by atoms with Gasteiger partial charge in [-0.25, -0.2) is 4.98 Å². The van der Waals surface area contributed by atoms with Crippen molar-refractivity contribution in [2.45, 2.75) is 25.7 Å². The Morgan fingerprint density at radius 1 is 1.20 bits per heavy atom. The van der Waals surface area contributed by atoms with Gasteiger partial charge in [0.1, 0.15) is 0 Å². The van der Waals surface area contributed by atoms with E-state index in [-0.39, 0.29) is 0 Å². The van der Waals surface area contributed by atoms with Crippen LogP contribution < -0.4 is 0 Å².